The van der Waals surface area contributed by atoms with E-state index in [2.05, 4.69) is 9.73 Å². The Hall–Kier alpha value is -1.53. The summed E-state index contributed by atoms with van der Waals surface area (Å²) in [4.78, 5) is 15.5. The van der Waals surface area contributed by atoms with Gasteiger partial charge in [0, 0.05) is 12.9 Å². The third-order valence-electron chi connectivity index (χ3n) is 2.30. The Morgan fingerprint density at radius 3 is 2.89 bits per heavy atom. The lowest BCUT2D eigenvalue weighted by molar-refractivity contribution is 0.0600. The Labute approximate surface area is 117 Å². The topological polar surface area (TPSA) is 73.9 Å². The maximum atomic E-state index is 11.4. The van der Waals surface area contributed by atoms with E-state index < -0.39 is 0 Å². The predicted molar refractivity (Wildman–Crippen MR) is 77.4 cm³/mol. The minimum atomic E-state index is -0.339. The number of benzene rings is 1. The molecule has 1 aromatic rings. The van der Waals surface area contributed by atoms with Crippen LogP contribution in [0.4, 0.5) is 0 Å². The lowest BCUT2D eigenvalue weighted by atomic mass is 10.1. The van der Waals surface area contributed by atoms with Gasteiger partial charge in [-0.3, -0.25) is 4.99 Å². The van der Waals surface area contributed by atoms with Crippen molar-refractivity contribution in [3.63, 3.8) is 0 Å². The van der Waals surface area contributed by atoms with Gasteiger partial charge in [-0.05, 0) is 17.7 Å². The van der Waals surface area contributed by atoms with Crippen molar-refractivity contribution in [2.75, 3.05) is 27.4 Å². The molecule has 2 N–H and O–H groups in total. The minimum absolute atomic E-state index is 0.339. The Morgan fingerprint density at radius 2 is 2.21 bits per heavy atom. The van der Waals surface area contributed by atoms with Crippen LogP contribution in [0, 0.1) is 0 Å². The summed E-state index contributed by atoms with van der Waals surface area (Å²) in [5, 5.41) is 0.514. The van der Waals surface area contributed by atoms with Crippen LogP contribution < -0.4 is 5.73 Å². The van der Waals surface area contributed by atoms with Gasteiger partial charge in [-0.15, -0.1) is 0 Å². The number of ether oxygens (including phenoxy) is 2. The summed E-state index contributed by atoms with van der Waals surface area (Å²) in [5.41, 5.74) is 7.29. The average Bonchev–Trinajstić information content (AvgIpc) is 2.45. The second-order valence-corrected chi connectivity index (χ2v) is 4.69. The first-order valence-electron chi connectivity index (χ1n) is 5.76. The molecule has 0 bridgehead atoms. The van der Waals surface area contributed by atoms with Crippen LogP contribution >= 0.6 is 11.8 Å². The second-order valence-electron chi connectivity index (χ2n) is 3.69. The van der Waals surface area contributed by atoms with E-state index in [1.165, 1.54) is 18.9 Å². The average molecular weight is 282 g/mol. The molecule has 0 saturated heterocycles. The number of methoxy groups -OCH3 is 2. The maximum Gasteiger partial charge on any atom is 0.337 e. The first-order valence-corrected chi connectivity index (χ1v) is 6.75. The fourth-order valence-corrected chi connectivity index (χ4v) is 2.03. The fourth-order valence-electron chi connectivity index (χ4n) is 1.36. The molecular formula is C13H18N2O3S. The Morgan fingerprint density at radius 1 is 1.42 bits per heavy atom. The van der Waals surface area contributed by atoms with E-state index >= 15 is 0 Å². The van der Waals surface area contributed by atoms with Crippen molar-refractivity contribution >= 4 is 22.9 Å². The zero-order valence-corrected chi connectivity index (χ0v) is 11.9. The van der Waals surface area contributed by atoms with Crippen molar-refractivity contribution in [1.29, 1.82) is 0 Å². The van der Waals surface area contributed by atoms with Crippen LogP contribution in [0.5, 0.6) is 0 Å². The van der Waals surface area contributed by atoms with E-state index in [-0.39, 0.29) is 5.97 Å². The molecule has 0 aliphatic carbocycles. The summed E-state index contributed by atoms with van der Waals surface area (Å²) >= 11 is 1.43. The molecule has 0 atom stereocenters. The number of carbonyl (C=O) groups excluding carboxylic acids is 1. The molecule has 6 heteroatoms. The zero-order valence-electron chi connectivity index (χ0n) is 11.1. The molecule has 0 radical (unpaired) electrons. The number of thioether (sulfide) groups is 1. The van der Waals surface area contributed by atoms with Gasteiger partial charge in [0.2, 0.25) is 0 Å². The van der Waals surface area contributed by atoms with Crippen LogP contribution in [0.15, 0.2) is 29.3 Å². The molecule has 0 heterocycles. The minimum Gasteiger partial charge on any atom is -0.465 e. The lowest BCUT2D eigenvalue weighted by Crippen LogP contribution is -2.09. The van der Waals surface area contributed by atoms with E-state index in [4.69, 9.17) is 10.5 Å². The third-order valence-corrected chi connectivity index (χ3v) is 3.20. The van der Waals surface area contributed by atoms with Gasteiger partial charge in [0.15, 0.2) is 5.17 Å². The van der Waals surface area contributed by atoms with Crippen molar-refractivity contribution < 1.29 is 14.3 Å². The first-order chi connectivity index (χ1) is 9.17. The molecule has 104 valence electrons. The van der Waals surface area contributed by atoms with E-state index in [0.29, 0.717) is 29.6 Å². The smallest absolute Gasteiger partial charge is 0.337 e. The van der Waals surface area contributed by atoms with Crippen LogP contribution in [-0.2, 0) is 15.2 Å². The predicted octanol–water partition coefficient (Wildman–Crippen LogP) is 1.67. The summed E-state index contributed by atoms with van der Waals surface area (Å²) in [6.07, 6.45) is 0. The molecule has 0 amide bonds. The summed E-state index contributed by atoms with van der Waals surface area (Å²) in [6.45, 7) is 1.11. The number of nitrogens with two attached hydrogens (primary N) is 1. The van der Waals surface area contributed by atoms with E-state index in [1.807, 2.05) is 12.1 Å². The maximum absolute atomic E-state index is 11.4. The van der Waals surface area contributed by atoms with Gasteiger partial charge in [-0.1, -0.05) is 23.9 Å². The number of carbonyl (C=O) groups is 1. The molecule has 0 aliphatic heterocycles. The third kappa shape index (κ3) is 5.76. The molecule has 1 aromatic carbocycles. The number of amidine groups is 1. The van der Waals surface area contributed by atoms with Gasteiger partial charge in [0.25, 0.3) is 0 Å². The van der Waals surface area contributed by atoms with Crippen LogP contribution in [0.2, 0.25) is 0 Å². The largest absolute Gasteiger partial charge is 0.465 e. The first kappa shape index (κ1) is 15.5. The molecule has 0 aromatic heterocycles. The SMILES string of the molecule is COCCN=C(N)SCc1cccc(C(=O)OC)c1. The summed E-state index contributed by atoms with van der Waals surface area (Å²) in [6, 6.07) is 7.26. The lowest BCUT2D eigenvalue weighted by Gasteiger charge is -2.04. The number of hydrogen-bond acceptors (Lipinski definition) is 5. The second kappa shape index (κ2) is 8.55. The monoisotopic (exact) mass is 282 g/mol. The number of rotatable bonds is 6. The van der Waals surface area contributed by atoms with Gasteiger partial charge >= 0.3 is 5.97 Å². The van der Waals surface area contributed by atoms with E-state index in [1.54, 1.807) is 19.2 Å². The van der Waals surface area contributed by atoms with Crippen LogP contribution in [0.25, 0.3) is 0 Å². The number of aliphatic imine (C=N–C) groups is 1. The highest BCUT2D eigenvalue weighted by molar-refractivity contribution is 8.13. The fraction of sp³-hybridized carbons (Fsp3) is 0.385. The molecule has 0 saturated carbocycles. The van der Waals surface area contributed by atoms with Crippen LogP contribution in [-0.4, -0.2) is 38.5 Å². The molecule has 0 aliphatic rings. The summed E-state index contributed by atoms with van der Waals surface area (Å²) in [7, 11) is 2.99. The van der Waals surface area contributed by atoms with Crippen molar-refractivity contribution in [2.45, 2.75) is 5.75 Å². The van der Waals surface area contributed by atoms with E-state index in [0.717, 1.165) is 5.56 Å². The standard InChI is InChI=1S/C13H18N2O3S/c1-17-7-6-15-13(14)19-9-10-4-3-5-11(8-10)12(16)18-2/h3-5,8H,6-7,9H2,1-2H3,(H2,14,15). The molecule has 5 nitrogen and oxygen atoms in total. The van der Waals surface area contributed by atoms with Gasteiger partial charge in [-0.25, -0.2) is 4.79 Å². The Bertz CT molecular complexity index is 449. The zero-order chi connectivity index (χ0) is 14.1. The highest BCUT2D eigenvalue weighted by Crippen LogP contribution is 2.14. The Balaban J connectivity index is 2.53. The van der Waals surface area contributed by atoms with Crippen molar-refractivity contribution in [3.05, 3.63) is 35.4 Å². The molecule has 0 spiro atoms. The Kier molecular flexibility index (Phi) is 6.99. The normalized spacial score (nSPS) is 11.4. The number of nitrogens with zero attached hydrogens (tertiary/aromatic N) is 1. The van der Waals surface area contributed by atoms with Gasteiger partial charge < -0.3 is 15.2 Å². The van der Waals surface area contributed by atoms with Gasteiger partial charge in [0.1, 0.15) is 0 Å². The molecule has 0 fully saturated rings. The molecule has 0 unspecified atom stereocenters. The van der Waals surface area contributed by atoms with E-state index in [9.17, 15) is 4.79 Å². The highest BCUT2D eigenvalue weighted by atomic mass is 32.2. The van der Waals surface area contributed by atoms with Crippen LogP contribution in [0.3, 0.4) is 0 Å². The number of hydrogen-bond donors (Lipinski definition) is 1. The molecule has 19 heavy (non-hydrogen) atoms. The highest BCUT2D eigenvalue weighted by Gasteiger charge is 2.05. The van der Waals surface area contributed by atoms with Crippen molar-refractivity contribution in [3.8, 4) is 0 Å². The summed E-state index contributed by atoms with van der Waals surface area (Å²) in [5.74, 6) is 0.321. The molecule has 1 rings (SSSR count). The quantitative estimate of drug-likeness (QED) is 0.372. The van der Waals surface area contributed by atoms with Crippen LogP contribution in [0.1, 0.15) is 15.9 Å². The molecular weight excluding hydrogens is 264 g/mol. The van der Waals surface area contributed by atoms with Gasteiger partial charge in [-0.2, -0.15) is 0 Å². The van der Waals surface area contributed by atoms with Gasteiger partial charge in [0.05, 0.1) is 25.8 Å². The summed E-state index contributed by atoms with van der Waals surface area (Å²) < 4.78 is 9.56. The number of esters is 1. The van der Waals surface area contributed by atoms with Crippen molar-refractivity contribution in [1.82, 2.24) is 0 Å². The van der Waals surface area contributed by atoms with Crippen molar-refractivity contribution in [2.24, 2.45) is 10.7 Å².